The van der Waals surface area contributed by atoms with Crippen LogP contribution in [0.5, 0.6) is 0 Å². The summed E-state index contributed by atoms with van der Waals surface area (Å²) < 4.78 is 62.5. The maximum absolute atomic E-state index is 14.2. The smallest absolute Gasteiger partial charge is 0.289 e. The summed E-state index contributed by atoms with van der Waals surface area (Å²) in [5.41, 5.74) is -0.0353. The minimum Gasteiger partial charge on any atom is -0.451 e. The van der Waals surface area contributed by atoms with Crippen LogP contribution in [0.2, 0.25) is 5.02 Å². The van der Waals surface area contributed by atoms with Crippen molar-refractivity contribution in [2.45, 2.75) is 0 Å². The minimum atomic E-state index is -1.65. The van der Waals surface area contributed by atoms with E-state index in [4.69, 9.17) is 16.0 Å². The largest absolute Gasteiger partial charge is 0.451 e. The van der Waals surface area contributed by atoms with Gasteiger partial charge in [-0.1, -0.05) is 39.7 Å². The van der Waals surface area contributed by atoms with Gasteiger partial charge in [0.1, 0.15) is 16.5 Å². The van der Waals surface area contributed by atoms with Gasteiger partial charge in [0, 0.05) is 36.2 Å². The molecule has 0 unspecified atom stereocenters. The summed E-state index contributed by atoms with van der Waals surface area (Å²) in [4.78, 5) is 15.3. The van der Waals surface area contributed by atoms with Gasteiger partial charge in [0.25, 0.3) is 5.91 Å². The van der Waals surface area contributed by atoms with E-state index in [0.29, 0.717) is 5.76 Å². The maximum Gasteiger partial charge on any atom is 0.289 e. The van der Waals surface area contributed by atoms with E-state index < -0.39 is 39.9 Å². The summed E-state index contributed by atoms with van der Waals surface area (Å²) >= 11 is 8.62. The Morgan fingerprint density at radius 2 is 1.45 bits per heavy atom. The van der Waals surface area contributed by atoms with Crippen LogP contribution in [-0.2, 0) is 0 Å². The first-order valence-corrected chi connectivity index (χ1v) is 10.4. The second-order valence-electron chi connectivity index (χ2n) is 6.87. The average molecular weight is 518 g/mol. The molecule has 1 saturated heterocycles. The van der Waals surface area contributed by atoms with E-state index in [0.717, 1.165) is 14.9 Å². The number of furan rings is 1. The molecule has 0 radical (unpaired) electrons. The molecule has 31 heavy (non-hydrogen) atoms. The number of carbonyl (C=O) groups excluding carboxylic acids is 1. The Kier molecular flexibility index (Phi) is 5.98. The van der Waals surface area contributed by atoms with Crippen LogP contribution in [0.3, 0.4) is 0 Å². The molecule has 162 valence electrons. The lowest BCUT2D eigenvalue weighted by atomic mass is 10.2. The van der Waals surface area contributed by atoms with Crippen LogP contribution in [0.25, 0.3) is 11.3 Å². The van der Waals surface area contributed by atoms with Gasteiger partial charge in [-0.15, -0.1) is 0 Å². The number of rotatable bonds is 3. The molecule has 0 saturated carbocycles. The van der Waals surface area contributed by atoms with Crippen LogP contribution in [0.15, 0.2) is 45.3 Å². The molecule has 2 aromatic carbocycles. The van der Waals surface area contributed by atoms with Gasteiger partial charge >= 0.3 is 0 Å². The highest BCUT2D eigenvalue weighted by atomic mass is 79.9. The quantitative estimate of drug-likeness (QED) is 0.247. The van der Waals surface area contributed by atoms with Crippen molar-refractivity contribution in [2.24, 2.45) is 0 Å². The summed E-state index contributed by atoms with van der Waals surface area (Å²) in [6.45, 7) is 0.108. The number of hydrogen-bond acceptors (Lipinski definition) is 3. The van der Waals surface area contributed by atoms with E-state index in [9.17, 15) is 22.4 Å². The first-order chi connectivity index (χ1) is 14.8. The highest BCUT2D eigenvalue weighted by molar-refractivity contribution is 9.10. The number of piperazine rings is 1. The summed E-state index contributed by atoms with van der Waals surface area (Å²) in [5, 5.41) is -1.23. The Morgan fingerprint density at radius 3 is 2.03 bits per heavy atom. The van der Waals surface area contributed by atoms with Gasteiger partial charge < -0.3 is 14.2 Å². The molecule has 10 heteroatoms. The van der Waals surface area contributed by atoms with E-state index in [2.05, 4.69) is 15.9 Å². The van der Waals surface area contributed by atoms with Gasteiger partial charge in [0.2, 0.25) is 0 Å². The van der Waals surface area contributed by atoms with Gasteiger partial charge in [-0.3, -0.25) is 4.79 Å². The first kappa shape index (κ1) is 21.7. The monoisotopic (exact) mass is 516 g/mol. The number of halogens is 6. The molecular weight excluding hydrogens is 504 g/mol. The molecule has 3 aromatic rings. The lowest BCUT2D eigenvalue weighted by Crippen LogP contribution is -2.49. The number of amides is 1. The lowest BCUT2D eigenvalue weighted by Gasteiger charge is -2.36. The highest BCUT2D eigenvalue weighted by Gasteiger charge is 2.31. The zero-order valence-corrected chi connectivity index (χ0v) is 18.1. The molecule has 0 N–H and O–H groups in total. The van der Waals surface area contributed by atoms with Crippen molar-refractivity contribution in [1.29, 1.82) is 0 Å². The van der Waals surface area contributed by atoms with E-state index in [1.807, 2.05) is 24.3 Å². The van der Waals surface area contributed by atoms with Crippen LogP contribution in [0.1, 0.15) is 10.6 Å². The van der Waals surface area contributed by atoms with Gasteiger partial charge in [0.15, 0.2) is 29.0 Å². The molecule has 0 bridgehead atoms. The van der Waals surface area contributed by atoms with E-state index in [-0.39, 0.29) is 31.9 Å². The predicted molar refractivity (Wildman–Crippen MR) is 111 cm³/mol. The van der Waals surface area contributed by atoms with E-state index in [1.54, 1.807) is 12.1 Å². The number of anilines is 1. The molecular formula is C21H14BrClF4N2O2. The summed E-state index contributed by atoms with van der Waals surface area (Å²) in [5.74, 6) is -6.17. The fourth-order valence-corrected chi connectivity index (χ4v) is 3.81. The lowest BCUT2D eigenvalue weighted by molar-refractivity contribution is 0.0715. The second kappa shape index (κ2) is 8.55. The van der Waals surface area contributed by atoms with Crippen molar-refractivity contribution in [1.82, 2.24) is 4.90 Å². The Labute approximate surface area is 188 Å². The van der Waals surface area contributed by atoms with Crippen molar-refractivity contribution in [3.05, 3.63) is 74.9 Å². The summed E-state index contributed by atoms with van der Waals surface area (Å²) in [6, 6.07) is 10.6. The van der Waals surface area contributed by atoms with Gasteiger partial charge in [-0.25, -0.2) is 17.6 Å². The molecule has 4 nitrogen and oxygen atoms in total. The van der Waals surface area contributed by atoms with Gasteiger partial charge in [0.05, 0.1) is 0 Å². The second-order valence-corrected chi connectivity index (χ2v) is 8.16. The van der Waals surface area contributed by atoms with Gasteiger partial charge in [-0.05, 0) is 24.3 Å². The normalized spacial score (nSPS) is 14.3. The minimum absolute atomic E-state index is 0.0274. The van der Waals surface area contributed by atoms with Gasteiger partial charge in [-0.2, -0.15) is 0 Å². The standard InChI is InChI=1S/C21H14BrClF4N2O2/c22-12-3-1-11(2-4-12)13-5-6-14(31-13)21(30)29-9-7-28(8-10-29)20-18(26)16(24)15(23)17(25)19(20)27/h1-6H,7-10H2. The third-order valence-electron chi connectivity index (χ3n) is 5.02. The van der Waals surface area contributed by atoms with Crippen molar-refractivity contribution >= 4 is 39.1 Å². The van der Waals surface area contributed by atoms with Crippen LogP contribution in [0, 0.1) is 23.3 Å². The topological polar surface area (TPSA) is 36.7 Å². The number of benzene rings is 2. The number of nitrogens with zero attached hydrogens (tertiary/aromatic N) is 2. The molecule has 0 spiro atoms. The zero-order valence-electron chi connectivity index (χ0n) is 15.8. The van der Waals surface area contributed by atoms with E-state index in [1.165, 1.54) is 4.90 Å². The summed E-state index contributed by atoms with van der Waals surface area (Å²) in [6.07, 6.45) is 0. The fourth-order valence-electron chi connectivity index (χ4n) is 3.38. The molecule has 1 aliphatic heterocycles. The number of hydrogen-bond donors (Lipinski definition) is 0. The van der Waals surface area contributed by atoms with Crippen molar-refractivity contribution in [3.8, 4) is 11.3 Å². The van der Waals surface area contributed by atoms with Crippen LogP contribution < -0.4 is 4.90 Å². The zero-order chi connectivity index (χ0) is 22.3. The third kappa shape index (κ3) is 4.04. The Morgan fingerprint density at radius 1 is 0.871 bits per heavy atom. The third-order valence-corrected chi connectivity index (χ3v) is 5.88. The van der Waals surface area contributed by atoms with Crippen LogP contribution in [0.4, 0.5) is 23.2 Å². The van der Waals surface area contributed by atoms with Crippen LogP contribution in [-0.4, -0.2) is 37.0 Å². The first-order valence-electron chi connectivity index (χ1n) is 9.19. The summed E-state index contributed by atoms with van der Waals surface area (Å²) in [7, 11) is 0. The van der Waals surface area contributed by atoms with E-state index >= 15 is 0 Å². The molecule has 1 aromatic heterocycles. The predicted octanol–water partition coefficient (Wildman–Crippen LogP) is 5.88. The Balaban J connectivity index is 1.47. The highest BCUT2D eigenvalue weighted by Crippen LogP contribution is 2.34. The molecule has 1 amide bonds. The SMILES string of the molecule is O=C(c1ccc(-c2ccc(Br)cc2)o1)N1CCN(c2c(F)c(F)c(Cl)c(F)c2F)CC1. The fraction of sp³-hybridized carbons (Fsp3) is 0.190. The van der Waals surface area contributed by atoms with Crippen molar-refractivity contribution < 1.29 is 26.8 Å². The van der Waals surface area contributed by atoms with Crippen molar-refractivity contribution in [3.63, 3.8) is 0 Å². The molecule has 1 fully saturated rings. The maximum atomic E-state index is 14.2. The molecule has 4 rings (SSSR count). The molecule has 2 heterocycles. The van der Waals surface area contributed by atoms with Crippen LogP contribution >= 0.6 is 27.5 Å². The Bertz CT molecular complexity index is 1120. The molecule has 1 aliphatic rings. The van der Waals surface area contributed by atoms with Crippen molar-refractivity contribution in [2.75, 3.05) is 31.1 Å². The average Bonchev–Trinajstić information content (AvgIpc) is 3.27. The molecule has 0 aliphatic carbocycles. The number of carbonyl (C=O) groups is 1. The Hall–Kier alpha value is -2.52. The molecule has 0 atom stereocenters.